The van der Waals surface area contributed by atoms with Gasteiger partial charge in [-0.25, -0.2) is 4.79 Å². The number of ether oxygens (including phenoxy) is 2. The van der Waals surface area contributed by atoms with Crippen LogP contribution in [-0.2, 0) is 4.74 Å². The van der Waals surface area contributed by atoms with E-state index >= 15 is 0 Å². The van der Waals surface area contributed by atoms with E-state index in [-0.39, 0.29) is 23.8 Å². The van der Waals surface area contributed by atoms with Crippen LogP contribution in [0.5, 0.6) is 5.75 Å². The number of anilines is 2. The molecule has 236 valence electrons. The van der Waals surface area contributed by atoms with Crippen LogP contribution in [-0.4, -0.2) is 30.0 Å². The number of alkyl halides is 1. The molecule has 0 spiro atoms. The maximum Gasteiger partial charge on any atom is 0.338 e. The number of nitrogens with one attached hydrogen (secondary N) is 1. The molecule has 2 unspecified atom stereocenters. The minimum absolute atomic E-state index is 0.0344. The van der Waals surface area contributed by atoms with Crippen LogP contribution in [0.15, 0.2) is 60.7 Å². The van der Waals surface area contributed by atoms with Crippen molar-refractivity contribution >= 4 is 23.3 Å². The third-order valence-electron chi connectivity index (χ3n) is 8.63. The van der Waals surface area contributed by atoms with Gasteiger partial charge in [0, 0.05) is 25.2 Å². The molecule has 4 rings (SSSR count). The van der Waals surface area contributed by atoms with E-state index in [0.29, 0.717) is 41.1 Å². The van der Waals surface area contributed by atoms with Crippen molar-refractivity contribution in [1.29, 1.82) is 0 Å². The van der Waals surface area contributed by atoms with Gasteiger partial charge in [0.1, 0.15) is 11.4 Å². The normalized spacial score (nSPS) is 17.5. The first kappa shape index (κ1) is 33.0. The fraction of sp³-hybridized carbons (Fsp3) is 0.459. The van der Waals surface area contributed by atoms with Crippen molar-refractivity contribution in [1.82, 2.24) is 0 Å². The molecule has 3 aromatic carbocycles. The Hall–Kier alpha value is -3.87. The first-order valence-corrected chi connectivity index (χ1v) is 15.6. The fourth-order valence-corrected chi connectivity index (χ4v) is 6.17. The Balaban J connectivity index is 1.80. The predicted octanol–water partition coefficient (Wildman–Crippen LogP) is 9.35. The molecule has 1 amide bonds. The number of carbonyl (C=O) groups excluding carboxylic acids is 2. The minimum atomic E-state index is -1.83. The molecule has 1 aliphatic heterocycles. The van der Waals surface area contributed by atoms with E-state index in [2.05, 4.69) is 65.1 Å². The summed E-state index contributed by atoms with van der Waals surface area (Å²) in [7, 11) is 0. The second kappa shape index (κ2) is 12.6. The predicted molar refractivity (Wildman–Crippen MR) is 175 cm³/mol. The summed E-state index contributed by atoms with van der Waals surface area (Å²) >= 11 is 0. The molecule has 0 aromatic heterocycles. The number of halogens is 1. The summed E-state index contributed by atoms with van der Waals surface area (Å²) in [6.07, 6.45) is 2.05. The molecular weight excluding hydrogens is 555 g/mol. The zero-order chi connectivity index (χ0) is 32.4. The van der Waals surface area contributed by atoms with E-state index < -0.39 is 17.5 Å². The Morgan fingerprint density at radius 2 is 1.64 bits per heavy atom. The van der Waals surface area contributed by atoms with Crippen LogP contribution >= 0.6 is 0 Å². The molecule has 0 fully saturated rings. The van der Waals surface area contributed by atoms with Crippen LogP contribution in [0.1, 0.15) is 111 Å². The second-order valence-corrected chi connectivity index (χ2v) is 13.4. The standard InChI is InChI=1S/C37H47FN2O4/c1-10-37(21-20-31(35(5,6)7)26-13-12-24(3)25(4)22-26)39-32-23-27(34(42)43-11-2)14-19-30(32)33(41)40(37)28-15-17-29(18-16-28)44-36(8,9)38/h12-19,22-23,31,39H,10-11,20-21H2,1-9H3. The van der Waals surface area contributed by atoms with E-state index in [4.69, 9.17) is 9.47 Å². The fourth-order valence-electron chi connectivity index (χ4n) is 6.17. The SMILES string of the molecule is CCOC(=O)c1ccc2c(c1)NC(CC)(CCC(c1ccc(C)c(C)c1)C(C)(C)C)N(c1ccc(OC(C)(C)F)cc1)C2=O. The van der Waals surface area contributed by atoms with Gasteiger partial charge in [0.05, 0.1) is 17.7 Å². The van der Waals surface area contributed by atoms with Gasteiger partial charge in [-0.1, -0.05) is 45.9 Å². The van der Waals surface area contributed by atoms with Crippen molar-refractivity contribution in [3.05, 3.63) is 88.5 Å². The van der Waals surface area contributed by atoms with Crippen molar-refractivity contribution < 1.29 is 23.5 Å². The van der Waals surface area contributed by atoms with Gasteiger partial charge in [-0.05, 0) is 111 Å². The smallest absolute Gasteiger partial charge is 0.338 e. The molecule has 1 heterocycles. The minimum Gasteiger partial charge on any atom is -0.462 e. The molecule has 0 bridgehead atoms. The van der Waals surface area contributed by atoms with Crippen molar-refractivity contribution in [3.8, 4) is 5.75 Å². The molecule has 44 heavy (non-hydrogen) atoms. The molecule has 6 nitrogen and oxygen atoms in total. The highest BCUT2D eigenvalue weighted by atomic mass is 19.2. The summed E-state index contributed by atoms with van der Waals surface area (Å²) in [6.45, 7) is 17.8. The number of rotatable bonds is 10. The lowest BCUT2D eigenvalue weighted by Crippen LogP contribution is -2.60. The van der Waals surface area contributed by atoms with Gasteiger partial charge in [0.25, 0.3) is 5.91 Å². The van der Waals surface area contributed by atoms with Crippen LogP contribution in [0.4, 0.5) is 15.8 Å². The first-order chi connectivity index (χ1) is 20.6. The number of esters is 1. The van der Waals surface area contributed by atoms with Gasteiger partial charge in [0.2, 0.25) is 5.85 Å². The Labute approximate surface area is 261 Å². The molecule has 1 aliphatic rings. The molecular formula is C37H47FN2O4. The van der Waals surface area contributed by atoms with Crippen LogP contribution in [0.3, 0.4) is 0 Å². The zero-order valence-corrected chi connectivity index (χ0v) is 27.6. The van der Waals surface area contributed by atoms with E-state index in [1.807, 2.05) is 4.90 Å². The summed E-state index contributed by atoms with van der Waals surface area (Å²) in [5, 5.41) is 3.71. The average Bonchev–Trinajstić information content (AvgIpc) is 2.94. The van der Waals surface area contributed by atoms with Gasteiger partial charge in [-0.15, -0.1) is 0 Å². The van der Waals surface area contributed by atoms with Crippen molar-refractivity contribution in [3.63, 3.8) is 0 Å². The molecule has 0 saturated carbocycles. The summed E-state index contributed by atoms with van der Waals surface area (Å²) in [5.74, 6) is -1.83. The highest BCUT2D eigenvalue weighted by Gasteiger charge is 2.45. The lowest BCUT2D eigenvalue weighted by molar-refractivity contribution is -0.0257. The number of aryl methyl sites for hydroxylation is 2. The van der Waals surface area contributed by atoms with Gasteiger partial charge in [-0.2, -0.15) is 4.39 Å². The molecule has 0 radical (unpaired) electrons. The van der Waals surface area contributed by atoms with Gasteiger partial charge < -0.3 is 14.8 Å². The maximum absolute atomic E-state index is 14.4. The van der Waals surface area contributed by atoms with Crippen LogP contribution < -0.4 is 15.0 Å². The van der Waals surface area contributed by atoms with Crippen molar-refractivity contribution in [2.45, 2.75) is 99.0 Å². The Kier molecular flexibility index (Phi) is 9.48. The number of nitrogens with zero attached hydrogens (tertiary/aromatic N) is 1. The molecule has 3 aromatic rings. The molecule has 0 saturated heterocycles. The van der Waals surface area contributed by atoms with Crippen LogP contribution in [0.2, 0.25) is 0 Å². The van der Waals surface area contributed by atoms with Crippen LogP contribution in [0.25, 0.3) is 0 Å². The average molecular weight is 603 g/mol. The molecule has 2 atom stereocenters. The van der Waals surface area contributed by atoms with Crippen molar-refractivity contribution in [2.75, 3.05) is 16.8 Å². The number of benzene rings is 3. The number of fused-ring (bicyclic) bond motifs is 1. The monoisotopic (exact) mass is 602 g/mol. The number of carbonyl (C=O) groups is 2. The summed E-state index contributed by atoms with van der Waals surface area (Å²) in [4.78, 5) is 28.8. The van der Waals surface area contributed by atoms with Crippen LogP contribution in [0, 0.1) is 19.3 Å². The Morgan fingerprint density at radius 1 is 0.955 bits per heavy atom. The maximum atomic E-state index is 14.4. The third kappa shape index (κ3) is 7.09. The Morgan fingerprint density at radius 3 is 2.20 bits per heavy atom. The van der Waals surface area contributed by atoms with Crippen molar-refractivity contribution in [2.24, 2.45) is 5.41 Å². The second-order valence-electron chi connectivity index (χ2n) is 13.4. The van der Waals surface area contributed by atoms with Gasteiger partial charge in [0.15, 0.2) is 0 Å². The third-order valence-corrected chi connectivity index (χ3v) is 8.63. The number of hydrogen-bond donors (Lipinski definition) is 1. The quantitative estimate of drug-likeness (QED) is 0.234. The molecule has 0 aliphatic carbocycles. The largest absolute Gasteiger partial charge is 0.462 e. The lowest BCUT2D eigenvalue weighted by Gasteiger charge is -2.49. The lowest BCUT2D eigenvalue weighted by atomic mass is 9.72. The number of amides is 1. The van der Waals surface area contributed by atoms with E-state index in [1.165, 1.54) is 30.5 Å². The summed E-state index contributed by atoms with van der Waals surface area (Å²) in [6, 6.07) is 18.7. The topological polar surface area (TPSA) is 67.9 Å². The summed E-state index contributed by atoms with van der Waals surface area (Å²) < 4.78 is 24.9. The first-order valence-electron chi connectivity index (χ1n) is 15.6. The van der Waals surface area contributed by atoms with E-state index in [1.54, 1.807) is 49.4 Å². The molecule has 1 N–H and O–H groups in total. The Bertz CT molecular complexity index is 1500. The summed E-state index contributed by atoms with van der Waals surface area (Å²) in [5.41, 5.74) is 5.10. The zero-order valence-electron chi connectivity index (χ0n) is 27.6. The van der Waals surface area contributed by atoms with E-state index in [9.17, 15) is 14.0 Å². The highest BCUT2D eigenvalue weighted by molar-refractivity contribution is 6.13. The highest BCUT2D eigenvalue weighted by Crippen LogP contribution is 2.45. The molecule has 7 heteroatoms. The van der Waals surface area contributed by atoms with E-state index in [0.717, 1.165) is 6.42 Å². The van der Waals surface area contributed by atoms with Gasteiger partial charge in [-0.3, -0.25) is 9.69 Å². The number of hydrogen-bond acceptors (Lipinski definition) is 5. The van der Waals surface area contributed by atoms with Gasteiger partial charge >= 0.3 is 5.97 Å².